The van der Waals surface area contributed by atoms with E-state index in [2.05, 4.69) is 9.71 Å². The van der Waals surface area contributed by atoms with Crippen LogP contribution in [0.1, 0.15) is 35.5 Å². The number of aromatic nitrogens is 1. The van der Waals surface area contributed by atoms with Crippen LogP contribution in [0, 0.1) is 12.3 Å². The van der Waals surface area contributed by atoms with Gasteiger partial charge >= 0.3 is 0 Å². The zero-order valence-corrected chi connectivity index (χ0v) is 14.8. The van der Waals surface area contributed by atoms with Gasteiger partial charge in [-0.1, -0.05) is 0 Å². The lowest BCUT2D eigenvalue weighted by atomic mass is 9.69. The molecule has 2 fully saturated rings. The van der Waals surface area contributed by atoms with Crippen molar-refractivity contribution in [2.24, 2.45) is 5.41 Å². The van der Waals surface area contributed by atoms with Crippen molar-refractivity contribution in [2.45, 2.75) is 32.2 Å². The maximum atomic E-state index is 12.5. The molecule has 0 bridgehead atoms. The topological polar surface area (TPSA) is 102 Å². The summed E-state index contributed by atoms with van der Waals surface area (Å²) in [5.41, 5.74) is 0.428. The first-order valence-corrected chi connectivity index (χ1v) is 9.94. The molecule has 1 aromatic heterocycles. The number of hydrogen-bond donors (Lipinski definition) is 1. The number of ether oxygens (including phenoxy) is 1. The summed E-state index contributed by atoms with van der Waals surface area (Å²) in [6.07, 6.45) is 4.72. The van der Waals surface area contributed by atoms with E-state index in [-0.39, 0.29) is 23.1 Å². The average Bonchev–Trinajstić information content (AvgIpc) is 2.95. The molecule has 2 aliphatic rings. The standard InChI is InChI=1S/C15H23N3O5S/c1-11-13(23-10-16-11)14(19)18-6-3-15(4-7-18)5-8-22-9-12(15)17-24(2,20)21/h10,12,17H,3-9H2,1-2H3/t12-/m0/s1. The summed E-state index contributed by atoms with van der Waals surface area (Å²) in [4.78, 5) is 18.2. The number of piperidine rings is 1. The number of nitrogens with one attached hydrogen (secondary N) is 1. The van der Waals surface area contributed by atoms with Crippen LogP contribution in [0.5, 0.6) is 0 Å². The molecule has 1 aromatic rings. The van der Waals surface area contributed by atoms with E-state index in [4.69, 9.17) is 9.15 Å². The number of sulfonamides is 1. The molecule has 2 aliphatic heterocycles. The minimum Gasteiger partial charge on any atom is -0.438 e. The van der Waals surface area contributed by atoms with Crippen molar-refractivity contribution in [3.8, 4) is 0 Å². The molecule has 0 aliphatic carbocycles. The summed E-state index contributed by atoms with van der Waals surface area (Å²) in [6, 6.07) is -0.245. The third-order valence-electron chi connectivity index (χ3n) is 5.11. The maximum absolute atomic E-state index is 12.5. The van der Waals surface area contributed by atoms with Crippen LogP contribution >= 0.6 is 0 Å². The van der Waals surface area contributed by atoms with Crippen molar-refractivity contribution in [3.63, 3.8) is 0 Å². The van der Waals surface area contributed by atoms with Crippen LogP contribution in [-0.2, 0) is 14.8 Å². The van der Waals surface area contributed by atoms with E-state index in [1.54, 1.807) is 11.8 Å². The van der Waals surface area contributed by atoms with E-state index < -0.39 is 10.0 Å². The summed E-state index contributed by atoms with van der Waals surface area (Å²) in [7, 11) is -3.30. The fourth-order valence-electron chi connectivity index (χ4n) is 3.65. The van der Waals surface area contributed by atoms with Crippen LogP contribution in [0.3, 0.4) is 0 Å². The van der Waals surface area contributed by atoms with E-state index in [1.165, 1.54) is 12.6 Å². The van der Waals surface area contributed by atoms with Gasteiger partial charge in [0.15, 0.2) is 6.39 Å². The van der Waals surface area contributed by atoms with Gasteiger partial charge in [0, 0.05) is 19.7 Å². The van der Waals surface area contributed by atoms with Gasteiger partial charge in [0.25, 0.3) is 5.91 Å². The van der Waals surface area contributed by atoms with Gasteiger partial charge in [-0.05, 0) is 31.6 Å². The van der Waals surface area contributed by atoms with Crippen molar-refractivity contribution < 1.29 is 22.4 Å². The minimum absolute atomic E-state index is 0.153. The molecule has 0 saturated carbocycles. The quantitative estimate of drug-likeness (QED) is 0.847. The SMILES string of the molecule is Cc1ncoc1C(=O)N1CCC2(CCOC[C@@H]2NS(C)(=O)=O)CC1. The van der Waals surface area contributed by atoms with Gasteiger partial charge in [-0.25, -0.2) is 18.1 Å². The molecule has 2 saturated heterocycles. The van der Waals surface area contributed by atoms with Gasteiger partial charge in [0.2, 0.25) is 15.8 Å². The Kier molecular flexibility index (Phi) is 4.67. The lowest BCUT2D eigenvalue weighted by molar-refractivity contribution is -0.0403. The summed E-state index contributed by atoms with van der Waals surface area (Å²) in [5, 5.41) is 0. The monoisotopic (exact) mass is 357 g/mol. The van der Waals surface area contributed by atoms with Gasteiger partial charge in [-0.15, -0.1) is 0 Å². The third-order valence-corrected chi connectivity index (χ3v) is 5.82. The van der Waals surface area contributed by atoms with Crippen molar-refractivity contribution in [1.29, 1.82) is 0 Å². The second-order valence-corrected chi connectivity index (χ2v) is 8.47. The molecule has 24 heavy (non-hydrogen) atoms. The molecule has 3 rings (SSSR count). The Hall–Kier alpha value is -1.45. The van der Waals surface area contributed by atoms with Crippen molar-refractivity contribution >= 4 is 15.9 Å². The largest absolute Gasteiger partial charge is 0.438 e. The highest BCUT2D eigenvalue weighted by Crippen LogP contribution is 2.41. The van der Waals surface area contributed by atoms with Crippen molar-refractivity contribution in [2.75, 3.05) is 32.6 Å². The second kappa shape index (κ2) is 6.45. The van der Waals surface area contributed by atoms with E-state index in [0.29, 0.717) is 32.0 Å². The van der Waals surface area contributed by atoms with E-state index in [1.807, 2.05) is 0 Å². The Morgan fingerprint density at radius 2 is 2.08 bits per heavy atom. The maximum Gasteiger partial charge on any atom is 0.291 e. The number of carbonyl (C=O) groups is 1. The van der Waals surface area contributed by atoms with Crippen LogP contribution in [0.4, 0.5) is 0 Å². The predicted molar refractivity (Wildman–Crippen MR) is 86.0 cm³/mol. The number of nitrogens with zero attached hydrogens (tertiary/aromatic N) is 2. The van der Waals surface area contributed by atoms with E-state index in [9.17, 15) is 13.2 Å². The number of carbonyl (C=O) groups excluding carboxylic acids is 1. The molecule has 0 aromatic carbocycles. The molecule has 1 spiro atoms. The Morgan fingerprint density at radius 3 is 2.67 bits per heavy atom. The molecule has 1 N–H and O–H groups in total. The highest BCUT2D eigenvalue weighted by atomic mass is 32.2. The molecule has 1 atom stereocenters. The second-order valence-electron chi connectivity index (χ2n) is 6.69. The highest BCUT2D eigenvalue weighted by Gasteiger charge is 2.45. The lowest BCUT2D eigenvalue weighted by Crippen LogP contribution is -2.57. The van der Waals surface area contributed by atoms with Crippen molar-refractivity contribution in [3.05, 3.63) is 17.8 Å². The first-order chi connectivity index (χ1) is 11.3. The zero-order valence-electron chi connectivity index (χ0n) is 13.9. The number of aryl methyl sites for hydroxylation is 1. The number of amides is 1. The van der Waals surface area contributed by atoms with Crippen LogP contribution in [0.15, 0.2) is 10.8 Å². The summed E-state index contributed by atoms with van der Waals surface area (Å²) >= 11 is 0. The van der Waals surface area contributed by atoms with Crippen LogP contribution in [-0.4, -0.2) is 62.8 Å². The summed E-state index contributed by atoms with van der Waals surface area (Å²) < 4.78 is 36.7. The Labute approximate surface area is 141 Å². The number of rotatable bonds is 3. The van der Waals surface area contributed by atoms with Crippen molar-refractivity contribution in [1.82, 2.24) is 14.6 Å². The molecule has 1 amide bonds. The zero-order chi connectivity index (χ0) is 17.4. The number of likely N-dealkylation sites (tertiary alicyclic amines) is 1. The summed E-state index contributed by atoms with van der Waals surface area (Å²) in [6.45, 7) is 3.88. The fraction of sp³-hybridized carbons (Fsp3) is 0.733. The van der Waals surface area contributed by atoms with E-state index >= 15 is 0 Å². The molecule has 9 heteroatoms. The lowest BCUT2D eigenvalue weighted by Gasteiger charge is -2.48. The van der Waals surface area contributed by atoms with Gasteiger partial charge in [0.05, 0.1) is 24.6 Å². The van der Waals surface area contributed by atoms with Gasteiger partial charge in [-0.3, -0.25) is 4.79 Å². The van der Waals surface area contributed by atoms with Crippen LogP contribution in [0.2, 0.25) is 0 Å². The first-order valence-electron chi connectivity index (χ1n) is 8.05. The number of hydrogen-bond acceptors (Lipinski definition) is 6. The third kappa shape index (κ3) is 3.47. The van der Waals surface area contributed by atoms with Crippen LogP contribution in [0.25, 0.3) is 0 Å². The minimum atomic E-state index is -3.30. The Balaban J connectivity index is 1.70. The van der Waals surface area contributed by atoms with Gasteiger partial charge in [-0.2, -0.15) is 0 Å². The normalized spacial score (nSPS) is 24.2. The van der Waals surface area contributed by atoms with Gasteiger partial charge < -0.3 is 14.1 Å². The molecular formula is C15H23N3O5S. The predicted octanol–water partition coefficient (Wildman–Crippen LogP) is 0.544. The fourth-order valence-corrected chi connectivity index (χ4v) is 4.48. The Morgan fingerprint density at radius 1 is 1.38 bits per heavy atom. The molecule has 0 radical (unpaired) electrons. The van der Waals surface area contributed by atoms with E-state index in [0.717, 1.165) is 19.3 Å². The summed E-state index contributed by atoms with van der Waals surface area (Å²) in [5.74, 6) is 0.128. The smallest absolute Gasteiger partial charge is 0.291 e. The molecule has 0 unspecified atom stereocenters. The first kappa shape index (κ1) is 17.4. The van der Waals surface area contributed by atoms with Crippen LogP contribution < -0.4 is 4.72 Å². The molecule has 3 heterocycles. The molecule has 8 nitrogen and oxygen atoms in total. The highest BCUT2D eigenvalue weighted by molar-refractivity contribution is 7.88. The Bertz CT molecular complexity index is 706. The number of oxazole rings is 1. The average molecular weight is 357 g/mol. The van der Waals surface area contributed by atoms with Gasteiger partial charge in [0.1, 0.15) is 0 Å². The molecular weight excluding hydrogens is 334 g/mol. The molecule has 134 valence electrons.